The van der Waals surface area contributed by atoms with Crippen LogP contribution in [0.2, 0.25) is 0 Å². The van der Waals surface area contributed by atoms with Crippen LogP contribution in [-0.2, 0) is 4.74 Å². The van der Waals surface area contributed by atoms with E-state index in [9.17, 15) is 14.3 Å². The van der Waals surface area contributed by atoms with Crippen LogP contribution >= 0.6 is 0 Å². The number of rotatable bonds is 8. The number of Topliss-reactive ketones (excluding diaryl/α,β-unsaturated/α-hetero) is 1. The summed E-state index contributed by atoms with van der Waals surface area (Å²) >= 11 is 0. The first-order valence-electron chi connectivity index (χ1n) is 11.3. The van der Waals surface area contributed by atoms with Crippen molar-refractivity contribution in [2.75, 3.05) is 57.4 Å². The predicted octanol–water partition coefficient (Wildman–Crippen LogP) is 3.00. The molecule has 0 aliphatic carbocycles. The molecule has 7 heteroatoms. The smallest absolute Gasteiger partial charge is 0.166 e. The zero-order valence-electron chi connectivity index (χ0n) is 18.3. The summed E-state index contributed by atoms with van der Waals surface area (Å²) in [4.78, 5) is 17.1. The highest BCUT2D eigenvalue weighted by atomic mass is 19.1. The van der Waals surface area contributed by atoms with Gasteiger partial charge >= 0.3 is 0 Å². The molecule has 0 spiro atoms. The summed E-state index contributed by atoms with van der Waals surface area (Å²) in [6, 6.07) is 13.7. The van der Waals surface area contributed by atoms with E-state index in [4.69, 9.17) is 9.47 Å². The third-order valence-corrected chi connectivity index (χ3v) is 6.19. The SMILES string of the molecule is O=C(c1ccc(F)cc1)C1CCN(CC(O)COc2cccc(N3CCOCC3)c2)CC1. The Morgan fingerprint density at radius 1 is 1.09 bits per heavy atom. The van der Waals surface area contributed by atoms with Crippen LogP contribution < -0.4 is 9.64 Å². The maximum absolute atomic E-state index is 13.1. The van der Waals surface area contributed by atoms with Crippen molar-refractivity contribution in [3.8, 4) is 5.75 Å². The first kappa shape index (κ1) is 22.7. The standard InChI is InChI=1S/C25H31FN2O4/c26-21-6-4-19(5-7-21)25(30)20-8-10-27(11-9-20)17-23(29)18-32-24-3-1-2-22(16-24)28-12-14-31-15-13-28/h1-7,16,20,23,29H,8-15,17-18H2. The predicted molar refractivity (Wildman–Crippen MR) is 121 cm³/mol. The van der Waals surface area contributed by atoms with E-state index in [1.807, 2.05) is 18.2 Å². The molecular formula is C25H31FN2O4. The van der Waals surface area contributed by atoms with Crippen LogP contribution in [0.15, 0.2) is 48.5 Å². The number of piperidine rings is 1. The fourth-order valence-corrected chi connectivity index (χ4v) is 4.36. The second-order valence-electron chi connectivity index (χ2n) is 8.51. The second kappa shape index (κ2) is 10.9. The molecule has 4 rings (SSSR count). The lowest BCUT2D eigenvalue weighted by Gasteiger charge is -2.32. The lowest BCUT2D eigenvalue weighted by molar-refractivity contribution is 0.0524. The number of benzene rings is 2. The summed E-state index contributed by atoms with van der Waals surface area (Å²) in [5.41, 5.74) is 1.67. The number of carbonyl (C=O) groups excluding carboxylic acids is 1. The highest BCUT2D eigenvalue weighted by Crippen LogP contribution is 2.24. The van der Waals surface area contributed by atoms with Gasteiger partial charge < -0.3 is 24.4 Å². The van der Waals surface area contributed by atoms with E-state index in [0.29, 0.717) is 12.1 Å². The number of likely N-dealkylation sites (tertiary alicyclic amines) is 1. The molecule has 2 fully saturated rings. The molecule has 2 heterocycles. The van der Waals surface area contributed by atoms with Gasteiger partial charge in [0.1, 0.15) is 24.3 Å². The summed E-state index contributed by atoms with van der Waals surface area (Å²) in [5, 5.41) is 10.5. The summed E-state index contributed by atoms with van der Waals surface area (Å²) < 4.78 is 24.3. The van der Waals surface area contributed by atoms with Gasteiger partial charge in [-0.1, -0.05) is 6.07 Å². The topological polar surface area (TPSA) is 62.2 Å². The van der Waals surface area contributed by atoms with Gasteiger partial charge in [0.2, 0.25) is 0 Å². The van der Waals surface area contributed by atoms with Crippen LogP contribution in [0.4, 0.5) is 10.1 Å². The van der Waals surface area contributed by atoms with Crippen molar-refractivity contribution in [2.24, 2.45) is 5.92 Å². The van der Waals surface area contributed by atoms with Gasteiger partial charge in [-0.05, 0) is 62.3 Å². The molecule has 6 nitrogen and oxygen atoms in total. The van der Waals surface area contributed by atoms with Crippen LogP contribution in [0.1, 0.15) is 23.2 Å². The van der Waals surface area contributed by atoms with Crippen LogP contribution in [0.25, 0.3) is 0 Å². The quantitative estimate of drug-likeness (QED) is 0.635. The van der Waals surface area contributed by atoms with E-state index >= 15 is 0 Å². The Morgan fingerprint density at radius 2 is 1.81 bits per heavy atom. The molecule has 2 aromatic rings. The summed E-state index contributed by atoms with van der Waals surface area (Å²) in [6.45, 7) is 5.44. The number of hydrogen-bond donors (Lipinski definition) is 1. The van der Waals surface area contributed by atoms with E-state index in [0.717, 1.165) is 63.7 Å². The molecular weight excluding hydrogens is 411 g/mol. The summed E-state index contributed by atoms with van der Waals surface area (Å²) in [6.07, 6.45) is 0.878. The first-order chi connectivity index (χ1) is 15.6. The Labute approximate surface area is 188 Å². The molecule has 0 radical (unpaired) electrons. The van der Waals surface area contributed by atoms with E-state index in [2.05, 4.69) is 15.9 Å². The monoisotopic (exact) mass is 442 g/mol. The molecule has 2 aliphatic heterocycles. The van der Waals surface area contributed by atoms with Gasteiger partial charge in [-0.3, -0.25) is 4.79 Å². The normalized spacial score (nSPS) is 19.0. The minimum absolute atomic E-state index is 0.0481. The number of hydrogen-bond acceptors (Lipinski definition) is 6. The van der Waals surface area contributed by atoms with Crippen molar-refractivity contribution < 1.29 is 23.8 Å². The number of ether oxygens (including phenoxy) is 2. The van der Waals surface area contributed by atoms with Crippen LogP contribution in [0, 0.1) is 11.7 Å². The molecule has 1 N–H and O–H groups in total. The molecule has 0 bridgehead atoms. The Balaban J connectivity index is 1.20. The zero-order valence-corrected chi connectivity index (χ0v) is 18.3. The number of carbonyl (C=O) groups is 1. The van der Waals surface area contributed by atoms with Crippen molar-refractivity contribution in [1.82, 2.24) is 4.90 Å². The number of aliphatic hydroxyl groups excluding tert-OH is 1. The average molecular weight is 443 g/mol. The first-order valence-corrected chi connectivity index (χ1v) is 11.3. The number of ketones is 1. The Kier molecular flexibility index (Phi) is 7.73. The largest absolute Gasteiger partial charge is 0.491 e. The number of halogens is 1. The summed E-state index contributed by atoms with van der Waals surface area (Å²) in [7, 11) is 0. The van der Waals surface area contributed by atoms with Crippen molar-refractivity contribution in [3.05, 3.63) is 59.9 Å². The van der Waals surface area contributed by atoms with Gasteiger partial charge in [0, 0.05) is 42.9 Å². The highest BCUT2D eigenvalue weighted by molar-refractivity contribution is 5.97. The van der Waals surface area contributed by atoms with Gasteiger partial charge in [0.05, 0.1) is 13.2 Å². The molecule has 1 unspecified atom stereocenters. The number of β-amino-alcohol motifs (C(OH)–C–C–N with tert-alkyl or cyclic N) is 1. The fourth-order valence-electron chi connectivity index (χ4n) is 4.36. The average Bonchev–Trinajstić information content (AvgIpc) is 2.84. The lowest BCUT2D eigenvalue weighted by Crippen LogP contribution is -2.42. The molecule has 2 aliphatic rings. The third-order valence-electron chi connectivity index (χ3n) is 6.19. The van der Waals surface area contributed by atoms with Crippen LogP contribution in [-0.4, -0.2) is 74.4 Å². The fraction of sp³-hybridized carbons (Fsp3) is 0.480. The number of anilines is 1. The number of aliphatic hydroxyl groups is 1. The molecule has 0 aromatic heterocycles. The Hall–Kier alpha value is -2.48. The molecule has 0 amide bonds. The van der Waals surface area contributed by atoms with Gasteiger partial charge in [-0.2, -0.15) is 0 Å². The number of nitrogens with zero attached hydrogens (tertiary/aromatic N) is 2. The Morgan fingerprint density at radius 3 is 2.53 bits per heavy atom. The van der Waals surface area contributed by atoms with E-state index in [1.165, 1.54) is 12.1 Å². The van der Waals surface area contributed by atoms with E-state index in [1.54, 1.807) is 12.1 Å². The van der Waals surface area contributed by atoms with Crippen LogP contribution in [0.3, 0.4) is 0 Å². The van der Waals surface area contributed by atoms with Gasteiger partial charge in [0.25, 0.3) is 0 Å². The molecule has 2 saturated heterocycles. The minimum atomic E-state index is -0.605. The highest BCUT2D eigenvalue weighted by Gasteiger charge is 2.26. The van der Waals surface area contributed by atoms with Gasteiger partial charge in [0.15, 0.2) is 5.78 Å². The second-order valence-corrected chi connectivity index (χ2v) is 8.51. The van der Waals surface area contributed by atoms with E-state index in [-0.39, 0.29) is 24.1 Å². The van der Waals surface area contributed by atoms with Crippen molar-refractivity contribution >= 4 is 11.5 Å². The molecule has 32 heavy (non-hydrogen) atoms. The maximum Gasteiger partial charge on any atom is 0.166 e. The number of morpholine rings is 1. The Bertz CT molecular complexity index is 878. The van der Waals surface area contributed by atoms with Crippen molar-refractivity contribution in [1.29, 1.82) is 0 Å². The van der Waals surface area contributed by atoms with Gasteiger partial charge in [-0.15, -0.1) is 0 Å². The molecule has 172 valence electrons. The van der Waals surface area contributed by atoms with Crippen molar-refractivity contribution in [3.63, 3.8) is 0 Å². The lowest BCUT2D eigenvalue weighted by atomic mass is 9.89. The summed E-state index contributed by atoms with van der Waals surface area (Å²) in [5.74, 6) is 0.443. The molecule has 2 aromatic carbocycles. The maximum atomic E-state index is 13.1. The molecule has 1 atom stereocenters. The van der Waals surface area contributed by atoms with Gasteiger partial charge in [-0.25, -0.2) is 4.39 Å². The van der Waals surface area contributed by atoms with Crippen molar-refractivity contribution in [2.45, 2.75) is 18.9 Å². The third kappa shape index (κ3) is 6.06. The molecule has 0 saturated carbocycles. The van der Waals surface area contributed by atoms with E-state index < -0.39 is 6.10 Å². The minimum Gasteiger partial charge on any atom is -0.491 e. The van der Waals surface area contributed by atoms with Crippen LogP contribution in [0.5, 0.6) is 5.75 Å². The zero-order chi connectivity index (χ0) is 22.3.